The van der Waals surface area contributed by atoms with Gasteiger partial charge in [0.2, 0.25) is 0 Å². The summed E-state index contributed by atoms with van der Waals surface area (Å²) in [5.41, 5.74) is 3.71. The summed E-state index contributed by atoms with van der Waals surface area (Å²) in [5, 5.41) is 0. The average Bonchev–Trinajstić information content (AvgIpc) is 2.80. The molecule has 134 valence electrons. The Morgan fingerprint density at radius 1 is 1.17 bits per heavy atom. The highest BCUT2D eigenvalue weighted by molar-refractivity contribution is 5.85. The number of fused-ring (bicyclic) bond motifs is 1. The maximum Gasteiger partial charge on any atom is 0.331 e. The molecule has 2 aliphatic rings. The van der Waals surface area contributed by atoms with Crippen LogP contribution in [-0.4, -0.2) is 18.4 Å². The normalized spacial score (nSPS) is 31.8. The van der Waals surface area contributed by atoms with Crippen LogP contribution in [0.4, 0.5) is 0 Å². The van der Waals surface area contributed by atoms with Gasteiger partial charge in [-0.25, -0.2) is 4.79 Å². The van der Waals surface area contributed by atoms with Gasteiger partial charge in [-0.15, -0.1) is 0 Å². The summed E-state index contributed by atoms with van der Waals surface area (Å²) < 4.78 is 5.38. The fourth-order valence-corrected chi connectivity index (χ4v) is 4.39. The number of ether oxygens (including phenoxy) is 1. The Labute approximate surface area is 146 Å². The Bertz CT molecular complexity index is 582. The zero-order chi connectivity index (χ0) is 18.1. The number of esters is 1. The summed E-state index contributed by atoms with van der Waals surface area (Å²) >= 11 is 0. The third-order valence-corrected chi connectivity index (χ3v) is 5.86. The van der Waals surface area contributed by atoms with Gasteiger partial charge in [0.15, 0.2) is 0 Å². The fraction of sp³-hybridized carbons (Fsp3) is 0.714. The van der Waals surface area contributed by atoms with Crippen molar-refractivity contribution in [3.63, 3.8) is 0 Å². The van der Waals surface area contributed by atoms with Gasteiger partial charge < -0.3 is 9.53 Å². The molecule has 0 bridgehead atoms. The predicted molar refractivity (Wildman–Crippen MR) is 96.5 cm³/mol. The van der Waals surface area contributed by atoms with Gasteiger partial charge in [0, 0.05) is 12.5 Å². The highest BCUT2D eigenvalue weighted by atomic mass is 16.5. The van der Waals surface area contributed by atoms with Gasteiger partial charge >= 0.3 is 5.97 Å². The first-order chi connectivity index (χ1) is 11.1. The van der Waals surface area contributed by atoms with Gasteiger partial charge in [0.1, 0.15) is 6.29 Å². The van der Waals surface area contributed by atoms with Gasteiger partial charge in [0.25, 0.3) is 0 Å². The second kappa shape index (κ2) is 6.85. The zero-order valence-electron chi connectivity index (χ0n) is 16.1. The molecule has 1 fully saturated rings. The first-order valence-corrected chi connectivity index (χ1v) is 9.23. The molecule has 0 unspecified atom stereocenters. The number of hydrogen-bond acceptors (Lipinski definition) is 3. The summed E-state index contributed by atoms with van der Waals surface area (Å²) in [4.78, 5) is 23.7. The first-order valence-electron chi connectivity index (χ1n) is 9.23. The van der Waals surface area contributed by atoms with Crippen molar-refractivity contribution in [3.8, 4) is 0 Å². The van der Waals surface area contributed by atoms with E-state index in [-0.39, 0.29) is 22.9 Å². The molecule has 0 heterocycles. The fourth-order valence-electron chi connectivity index (χ4n) is 4.39. The molecule has 0 N–H and O–H groups in total. The zero-order valence-corrected chi connectivity index (χ0v) is 16.1. The molecule has 2 aliphatic carbocycles. The van der Waals surface area contributed by atoms with Crippen molar-refractivity contribution in [2.75, 3.05) is 0 Å². The molecule has 0 aromatic heterocycles. The standard InChI is InChI=1S/C21H32O3/c1-14(2)16-7-8-21(6)10-9-20(5,11-12-22)17(19(16)21)13-18(23)24-15(3)4/h12-15H,7-11H2,1-6H3/b17-13-/t20-,21+/m0/s1. The van der Waals surface area contributed by atoms with Gasteiger partial charge in [0.05, 0.1) is 6.10 Å². The smallest absolute Gasteiger partial charge is 0.331 e. The lowest BCUT2D eigenvalue weighted by atomic mass is 9.58. The van der Waals surface area contributed by atoms with Crippen LogP contribution in [0.15, 0.2) is 22.8 Å². The molecular weight excluding hydrogens is 300 g/mol. The van der Waals surface area contributed by atoms with Crippen LogP contribution in [0.25, 0.3) is 0 Å². The van der Waals surface area contributed by atoms with E-state index in [2.05, 4.69) is 27.7 Å². The van der Waals surface area contributed by atoms with Crippen LogP contribution in [0.5, 0.6) is 0 Å². The number of hydrogen-bond donors (Lipinski definition) is 0. The first kappa shape index (κ1) is 19.0. The van der Waals surface area contributed by atoms with Gasteiger partial charge in [-0.3, -0.25) is 0 Å². The molecular formula is C21H32O3. The van der Waals surface area contributed by atoms with Crippen molar-refractivity contribution < 1.29 is 14.3 Å². The highest BCUT2D eigenvalue weighted by Crippen LogP contribution is 2.60. The van der Waals surface area contributed by atoms with Crippen LogP contribution >= 0.6 is 0 Å². The molecule has 3 nitrogen and oxygen atoms in total. The summed E-state index contributed by atoms with van der Waals surface area (Å²) in [5.74, 6) is 0.175. The van der Waals surface area contributed by atoms with Crippen LogP contribution in [0, 0.1) is 16.7 Å². The number of carbonyl (C=O) groups is 2. The van der Waals surface area contributed by atoms with Crippen LogP contribution in [0.2, 0.25) is 0 Å². The lowest BCUT2D eigenvalue weighted by Crippen LogP contribution is -2.35. The Kier molecular flexibility index (Phi) is 5.41. The number of aldehydes is 1. The Morgan fingerprint density at radius 3 is 2.38 bits per heavy atom. The van der Waals surface area contributed by atoms with Crippen LogP contribution in [0.3, 0.4) is 0 Å². The molecule has 24 heavy (non-hydrogen) atoms. The summed E-state index contributed by atoms with van der Waals surface area (Å²) in [6.07, 6.45) is 7.26. The Balaban J connectivity index is 2.58. The highest BCUT2D eigenvalue weighted by Gasteiger charge is 2.48. The molecule has 2 atom stereocenters. The average molecular weight is 332 g/mol. The molecule has 0 saturated heterocycles. The molecule has 0 radical (unpaired) electrons. The molecule has 0 spiro atoms. The maximum absolute atomic E-state index is 12.4. The minimum atomic E-state index is -0.288. The van der Waals surface area contributed by atoms with Gasteiger partial charge in [-0.2, -0.15) is 0 Å². The monoisotopic (exact) mass is 332 g/mol. The molecule has 0 aliphatic heterocycles. The third kappa shape index (κ3) is 3.50. The molecule has 1 saturated carbocycles. The van der Waals surface area contributed by atoms with E-state index in [1.807, 2.05) is 13.8 Å². The van der Waals surface area contributed by atoms with E-state index in [0.717, 1.165) is 37.5 Å². The van der Waals surface area contributed by atoms with E-state index < -0.39 is 0 Å². The van der Waals surface area contributed by atoms with Crippen LogP contribution < -0.4 is 0 Å². The van der Waals surface area contributed by atoms with Crippen LogP contribution in [-0.2, 0) is 14.3 Å². The van der Waals surface area contributed by atoms with Crippen molar-refractivity contribution in [1.82, 2.24) is 0 Å². The van der Waals surface area contributed by atoms with Crippen molar-refractivity contribution in [2.45, 2.75) is 79.8 Å². The van der Waals surface area contributed by atoms with E-state index in [1.54, 1.807) is 6.08 Å². The molecule has 3 heteroatoms. The SMILES string of the molecule is CC(C)OC(=O)/C=C1/C2=C(C(C)C)CC[C@]2(C)CC[C@@]1(C)CC=O. The van der Waals surface area contributed by atoms with E-state index in [0.29, 0.717) is 12.3 Å². The molecule has 0 amide bonds. The molecule has 0 aromatic rings. The molecule has 0 aromatic carbocycles. The van der Waals surface area contributed by atoms with E-state index >= 15 is 0 Å². The minimum absolute atomic E-state index is 0.131. The summed E-state index contributed by atoms with van der Waals surface area (Å²) in [7, 11) is 0. The summed E-state index contributed by atoms with van der Waals surface area (Å²) in [6.45, 7) is 12.6. The second-order valence-corrected chi connectivity index (χ2v) is 8.59. The number of allylic oxidation sites excluding steroid dienone is 3. The third-order valence-electron chi connectivity index (χ3n) is 5.86. The topological polar surface area (TPSA) is 43.4 Å². The Morgan fingerprint density at radius 2 is 1.83 bits per heavy atom. The van der Waals surface area contributed by atoms with E-state index in [9.17, 15) is 9.59 Å². The second-order valence-electron chi connectivity index (χ2n) is 8.59. The lowest BCUT2D eigenvalue weighted by Gasteiger charge is -2.45. The van der Waals surface area contributed by atoms with Crippen molar-refractivity contribution in [2.24, 2.45) is 16.7 Å². The van der Waals surface area contributed by atoms with Crippen molar-refractivity contribution >= 4 is 12.3 Å². The van der Waals surface area contributed by atoms with Crippen LogP contribution in [0.1, 0.15) is 73.6 Å². The lowest BCUT2D eigenvalue weighted by molar-refractivity contribution is -0.141. The predicted octanol–water partition coefficient (Wildman–Crippen LogP) is 5.01. The van der Waals surface area contributed by atoms with Gasteiger partial charge in [-0.05, 0) is 67.4 Å². The van der Waals surface area contributed by atoms with Gasteiger partial charge in [-0.1, -0.05) is 33.3 Å². The quantitative estimate of drug-likeness (QED) is 0.404. The van der Waals surface area contributed by atoms with E-state index in [1.165, 1.54) is 11.1 Å². The van der Waals surface area contributed by atoms with Crippen molar-refractivity contribution in [3.05, 3.63) is 22.8 Å². The largest absolute Gasteiger partial charge is 0.460 e. The van der Waals surface area contributed by atoms with E-state index in [4.69, 9.17) is 4.74 Å². The Hall–Kier alpha value is -1.38. The minimum Gasteiger partial charge on any atom is -0.460 e. The summed E-state index contributed by atoms with van der Waals surface area (Å²) in [6, 6.07) is 0. The number of rotatable bonds is 5. The maximum atomic E-state index is 12.4. The molecule has 2 rings (SSSR count). The number of carbonyl (C=O) groups excluding carboxylic acids is 2. The van der Waals surface area contributed by atoms with Crippen molar-refractivity contribution in [1.29, 1.82) is 0 Å².